The second-order valence-electron chi connectivity index (χ2n) is 4.10. The van der Waals surface area contributed by atoms with Crippen LogP contribution in [0.1, 0.15) is 33.1 Å². The Morgan fingerprint density at radius 2 is 2.33 bits per heavy atom. The van der Waals surface area contributed by atoms with Crippen molar-refractivity contribution < 1.29 is 0 Å². The van der Waals surface area contributed by atoms with Crippen molar-refractivity contribution in [3.05, 3.63) is 0 Å². The Labute approximate surface area is 76.3 Å². The van der Waals surface area contributed by atoms with E-state index in [1.165, 1.54) is 32.4 Å². The number of nitrogens with one attached hydrogen (secondary N) is 1. The van der Waals surface area contributed by atoms with Gasteiger partial charge in [0.2, 0.25) is 0 Å². The minimum Gasteiger partial charge on any atom is -0.310 e. The quantitative estimate of drug-likeness (QED) is 0.687. The molecule has 0 spiro atoms. The summed E-state index contributed by atoms with van der Waals surface area (Å²) in [6, 6.07) is 1.45. The van der Waals surface area contributed by atoms with E-state index in [1.54, 1.807) is 0 Å². The summed E-state index contributed by atoms with van der Waals surface area (Å²) >= 11 is 0. The highest BCUT2D eigenvalue weighted by molar-refractivity contribution is 4.80. The summed E-state index contributed by atoms with van der Waals surface area (Å²) in [6.07, 6.45) is 3.92. The van der Waals surface area contributed by atoms with Crippen LogP contribution in [0.5, 0.6) is 0 Å². The predicted octanol–water partition coefficient (Wildman–Crippen LogP) is 1.47. The number of rotatable bonds is 4. The minimum absolute atomic E-state index is 0.700. The molecule has 1 aliphatic heterocycles. The van der Waals surface area contributed by atoms with Crippen molar-refractivity contribution in [1.82, 2.24) is 10.2 Å². The molecule has 1 saturated heterocycles. The van der Waals surface area contributed by atoms with Crippen molar-refractivity contribution in [3.8, 4) is 0 Å². The van der Waals surface area contributed by atoms with E-state index >= 15 is 0 Å². The molecule has 12 heavy (non-hydrogen) atoms. The van der Waals surface area contributed by atoms with Crippen LogP contribution < -0.4 is 5.32 Å². The summed E-state index contributed by atoms with van der Waals surface area (Å²) in [5, 5.41) is 3.67. The van der Waals surface area contributed by atoms with E-state index in [-0.39, 0.29) is 0 Å². The van der Waals surface area contributed by atoms with Crippen LogP contribution in [0, 0.1) is 0 Å². The smallest absolute Gasteiger partial charge is 0.0209 e. The molecule has 0 aliphatic carbocycles. The number of likely N-dealkylation sites (tertiary alicyclic amines) is 1. The molecule has 0 aromatic heterocycles. The van der Waals surface area contributed by atoms with Crippen molar-refractivity contribution in [3.63, 3.8) is 0 Å². The van der Waals surface area contributed by atoms with Gasteiger partial charge in [0.05, 0.1) is 0 Å². The van der Waals surface area contributed by atoms with Crippen LogP contribution in [0.2, 0.25) is 0 Å². The third kappa shape index (κ3) is 3.11. The fraction of sp³-hybridized carbons (Fsp3) is 1.00. The third-order valence-electron chi connectivity index (χ3n) is 2.63. The van der Waals surface area contributed by atoms with E-state index < -0.39 is 0 Å². The van der Waals surface area contributed by atoms with Gasteiger partial charge < -0.3 is 10.2 Å². The first-order valence-corrected chi connectivity index (χ1v) is 5.17. The van der Waals surface area contributed by atoms with Gasteiger partial charge in [-0.1, -0.05) is 13.3 Å². The molecule has 0 bridgehead atoms. The molecule has 0 amide bonds. The van der Waals surface area contributed by atoms with Gasteiger partial charge in [0.25, 0.3) is 0 Å². The molecule has 2 atom stereocenters. The van der Waals surface area contributed by atoms with Crippen LogP contribution in [0.25, 0.3) is 0 Å². The molecule has 1 heterocycles. The average Bonchev–Trinajstić information content (AvgIpc) is 2.36. The lowest BCUT2D eigenvalue weighted by Gasteiger charge is -2.18. The first kappa shape index (κ1) is 10.0. The maximum absolute atomic E-state index is 3.67. The maximum atomic E-state index is 3.67. The Morgan fingerprint density at radius 1 is 1.58 bits per heavy atom. The molecule has 0 saturated carbocycles. The van der Waals surface area contributed by atoms with Gasteiger partial charge in [-0.25, -0.2) is 0 Å². The zero-order chi connectivity index (χ0) is 8.97. The fourth-order valence-corrected chi connectivity index (χ4v) is 1.99. The summed E-state index contributed by atoms with van der Waals surface area (Å²) in [5.41, 5.74) is 0. The van der Waals surface area contributed by atoms with Gasteiger partial charge in [-0.2, -0.15) is 0 Å². The van der Waals surface area contributed by atoms with Crippen LogP contribution >= 0.6 is 0 Å². The van der Waals surface area contributed by atoms with Crippen molar-refractivity contribution in [2.45, 2.75) is 45.2 Å². The molecule has 1 N–H and O–H groups in total. The number of hydrogen-bond donors (Lipinski definition) is 1. The summed E-state index contributed by atoms with van der Waals surface area (Å²) in [5.74, 6) is 0. The molecule has 1 fully saturated rings. The lowest BCUT2D eigenvalue weighted by molar-refractivity contribution is 0.379. The van der Waals surface area contributed by atoms with E-state index in [4.69, 9.17) is 0 Å². The minimum atomic E-state index is 0.700. The van der Waals surface area contributed by atoms with Crippen LogP contribution in [0.3, 0.4) is 0 Å². The lowest BCUT2D eigenvalue weighted by atomic mass is 10.1. The molecule has 0 radical (unpaired) electrons. The molecule has 1 aliphatic rings. The largest absolute Gasteiger partial charge is 0.310 e. The van der Waals surface area contributed by atoms with Gasteiger partial charge in [-0.3, -0.25) is 0 Å². The standard InChI is InChI=1S/C10H22N2/c1-4-5-9(2)11-10-6-7-12(3)8-10/h9-11H,4-8H2,1-3H3/t9-,10-/m0/s1. The van der Waals surface area contributed by atoms with Crippen LogP contribution in [0.15, 0.2) is 0 Å². The highest BCUT2D eigenvalue weighted by Crippen LogP contribution is 2.08. The van der Waals surface area contributed by atoms with E-state index in [0.717, 1.165) is 6.04 Å². The molecular weight excluding hydrogens is 148 g/mol. The molecule has 2 heteroatoms. The Hall–Kier alpha value is -0.0800. The SMILES string of the molecule is CCC[C@H](C)N[C@H]1CCN(C)C1. The first-order valence-electron chi connectivity index (χ1n) is 5.17. The summed E-state index contributed by atoms with van der Waals surface area (Å²) in [6.45, 7) is 7.03. The van der Waals surface area contributed by atoms with Crippen LogP contribution in [-0.2, 0) is 0 Å². The molecule has 0 aromatic rings. The van der Waals surface area contributed by atoms with Gasteiger partial charge in [-0.15, -0.1) is 0 Å². The fourth-order valence-electron chi connectivity index (χ4n) is 1.99. The topological polar surface area (TPSA) is 15.3 Å². The maximum Gasteiger partial charge on any atom is 0.0209 e. The van der Waals surface area contributed by atoms with Gasteiger partial charge in [0.1, 0.15) is 0 Å². The Balaban J connectivity index is 2.14. The monoisotopic (exact) mass is 170 g/mol. The van der Waals surface area contributed by atoms with Gasteiger partial charge >= 0.3 is 0 Å². The van der Waals surface area contributed by atoms with E-state index in [1.807, 2.05) is 0 Å². The Morgan fingerprint density at radius 3 is 2.83 bits per heavy atom. The molecule has 2 nitrogen and oxygen atoms in total. The van der Waals surface area contributed by atoms with Crippen LogP contribution in [-0.4, -0.2) is 37.1 Å². The van der Waals surface area contributed by atoms with E-state index in [0.29, 0.717) is 6.04 Å². The molecule has 0 aromatic carbocycles. The highest BCUT2D eigenvalue weighted by Gasteiger charge is 2.19. The zero-order valence-electron chi connectivity index (χ0n) is 8.64. The predicted molar refractivity (Wildman–Crippen MR) is 53.4 cm³/mol. The number of likely N-dealkylation sites (N-methyl/N-ethyl adjacent to an activating group) is 1. The Kier molecular flexibility index (Phi) is 4.02. The third-order valence-corrected chi connectivity index (χ3v) is 2.63. The number of nitrogens with zero attached hydrogens (tertiary/aromatic N) is 1. The van der Waals surface area contributed by atoms with Gasteiger partial charge in [0, 0.05) is 18.6 Å². The van der Waals surface area contributed by atoms with Crippen molar-refractivity contribution in [2.75, 3.05) is 20.1 Å². The van der Waals surface area contributed by atoms with Crippen LogP contribution in [0.4, 0.5) is 0 Å². The zero-order valence-corrected chi connectivity index (χ0v) is 8.64. The normalized spacial score (nSPS) is 27.8. The highest BCUT2D eigenvalue weighted by atomic mass is 15.2. The first-order chi connectivity index (χ1) is 5.72. The Bertz CT molecular complexity index is 125. The second-order valence-corrected chi connectivity index (χ2v) is 4.10. The molecule has 1 rings (SSSR count). The number of hydrogen-bond acceptors (Lipinski definition) is 2. The summed E-state index contributed by atoms with van der Waals surface area (Å²) in [7, 11) is 2.20. The van der Waals surface area contributed by atoms with E-state index in [2.05, 4.69) is 31.1 Å². The van der Waals surface area contributed by atoms with Gasteiger partial charge in [0.15, 0.2) is 0 Å². The van der Waals surface area contributed by atoms with E-state index in [9.17, 15) is 0 Å². The molecule has 72 valence electrons. The summed E-state index contributed by atoms with van der Waals surface area (Å²) in [4.78, 5) is 2.40. The second kappa shape index (κ2) is 4.83. The lowest BCUT2D eigenvalue weighted by Crippen LogP contribution is -2.37. The molecule has 0 unspecified atom stereocenters. The van der Waals surface area contributed by atoms with Gasteiger partial charge in [-0.05, 0) is 33.4 Å². The van der Waals surface area contributed by atoms with Crippen molar-refractivity contribution in [1.29, 1.82) is 0 Å². The van der Waals surface area contributed by atoms with Crippen molar-refractivity contribution in [2.24, 2.45) is 0 Å². The average molecular weight is 170 g/mol. The summed E-state index contributed by atoms with van der Waals surface area (Å²) < 4.78 is 0. The van der Waals surface area contributed by atoms with Crippen molar-refractivity contribution >= 4 is 0 Å². The molecular formula is C10H22N2.